The van der Waals surface area contributed by atoms with Gasteiger partial charge >= 0.3 is 0 Å². The maximum absolute atomic E-state index is 13.1. The molecule has 0 saturated carbocycles. The second kappa shape index (κ2) is 13.1. The first kappa shape index (κ1) is 28.6. The van der Waals surface area contributed by atoms with Gasteiger partial charge in [-0.1, -0.05) is 35.9 Å². The van der Waals surface area contributed by atoms with E-state index in [0.717, 1.165) is 26.9 Å². The number of imidazole rings is 1. The number of aromatic nitrogens is 2. The van der Waals surface area contributed by atoms with E-state index in [-0.39, 0.29) is 37.5 Å². The Morgan fingerprint density at radius 3 is 2.59 bits per heavy atom. The lowest BCUT2D eigenvalue weighted by Gasteiger charge is -2.20. The fourth-order valence-electron chi connectivity index (χ4n) is 4.08. The predicted octanol–water partition coefficient (Wildman–Crippen LogP) is 5.04. The molecule has 0 aliphatic heterocycles. The molecule has 10 heteroatoms. The quantitative estimate of drug-likeness (QED) is 0.220. The highest BCUT2D eigenvalue weighted by molar-refractivity contribution is 9.10. The smallest absolute Gasteiger partial charge is 0.251 e. The highest BCUT2D eigenvalue weighted by atomic mass is 79.9. The van der Waals surface area contributed by atoms with Crippen LogP contribution in [0.25, 0.3) is 16.9 Å². The number of fused-ring (bicyclic) bond motifs is 1. The van der Waals surface area contributed by atoms with Crippen molar-refractivity contribution in [3.8, 4) is 17.0 Å². The normalized spacial score (nSPS) is 11.9. The highest BCUT2D eigenvalue weighted by Crippen LogP contribution is 2.27. The van der Waals surface area contributed by atoms with Crippen molar-refractivity contribution < 1.29 is 19.4 Å². The lowest BCUT2D eigenvalue weighted by molar-refractivity contribution is -0.121. The number of halogens is 2. The van der Waals surface area contributed by atoms with E-state index in [1.165, 1.54) is 0 Å². The summed E-state index contributed by atoms with van der Waals surface area (Å²) in [6, 6.07) is 16.3. The number of benzene rings is 2. The van der Waals surface area contributed by atoms with Crippen LogP contribution in [0.1, 0.15) is 36.2 Å². The van der Waals surface area contributed by atoms with Crippen molar-refractivity contribution in [3.05, 3.63) is 87.6 Å². The Labute approximate surface area is 240 Å². The number of carbonyl (C=O) groups excluding carboxylic acids is 2. The summed E-state index contributed by atoms with van der Waals surface area (Å²) in [7, 11) is 0. The van der Waals surface area contributed by atoms with E-state index in [1.54, 1.807) is 18.2 Å². The summed E-state index contributed by atoms with van der Waals surface area (Å²) in [6.07, 6.45) is 4.34. The molecule has 0 bridgehead atoms. The van der Waals surface area contributed by atoms with Crippen molar-refractivity contribution in [1.29, 1.82) is 0 Å². The number of amides is 2. The molecule has 4 rings (SSSR count). The molecule has 39 heavy (non-hydrogen) atoms. The van der Waals surface area contributed by atoms with E-state index in [4.69, 9.17) is 26.4 Å². The molecule has 0 fully saturated rings. The first-order chi connectivity index (χ1) is 18.7. The summed E-state index contributed by atoms with van der Waals surface area (Å²) in [5.41, 5.74) is 4.00. The number of nitrogens with zero attached hydrogens (tertiary/aromatic N) is 2. The Bertz CT molecular complexity index is 1460. The van der Waals surface area contributed by atoms with Crippen LogP contribution in [0.2, 0.25) is 5.02 Å². The molecule has 2 heterocycles. The van der Waals surface area contributed by atoms with E-state index in [0.29, 0.717) is 22.8 Å². The fraction of sp³-hybridized carbons (Fsp3) is 0.276. The molecule has 1 atom stereocenters. The van der Waals surface area contributed by atoms with Crippen LogP contribution in [0.15, 0.2) is 71.5 Å². The molecule has 3 N–H and O–H groups in total. The van der Waals surface area contributed by atoms with E-state index >= 15 is 0 Å². The summed E-state index contributed by atoms with van der Waals surface area (Å²) in [4.78, 5) is 29.8. The molecule has 0 spiro atoms. The third kappa shape index (κ3) is 7.59. The molecule has 0 aliphatic carbocycles. The van der Waals surface area contributed by atoms with Crippen molar-refractivity contribution in [2.45, 2.75) is 38.8 Å². The van der Waals surface area contributed by atoms with E-state index < -0.39 is 6.04 Å². The van der Waals surface area contributed by atoms with Crippen molar-refractivity contribution in [2.75, 3.05) is 13.2 Å². The lowest BCUT2D eigenvalue weighted by Crippen LogP contribution is -2.45. The third-order valence-electron chi connectivity index (χ3n) is 5.94. The number of nitrogens with one attached hydrogen (secondary N) is 2. The third-order valence-corrected chi connectivity index (χ3v) is 6.86. The van der Waals surface area contributed by atoms with E-state index in [1.807, 2.05) is 67.0 Å². The molecule has 0 saturated heterocycles. The average molecular weight is 614 g/mol. The van der Waals surface area contributed by atoms with E-state index in [9.17, 15) is 9.59 Å². The topological polar surface area (TPSA) is 105 Å². The fourth-order valence-corrected chi connectivity index (χ4v) is 4.75. The molecule has 204 valence electrons. The van der Waals surface area contributed by atoms with Crippen molar-refractivity contribution in [3.63, 3.8) is 0 Å². The number of hydrogen-bond donors (Lipinski definition) is 3. The lowest BCUT2D eigenvalue weighted by atomic mass is 10.0. The van der Waals surface area contributed by atoms with Gasteiger partial charge in [-0.3, -0.25) is 9.59 Å². The van der Waals surface area contributed by atoms with Gasteiger partial charge in [0.25, 0.3) is 5.91 Å². The Morgan fingerprint density at radius 2 is 1.92 bits per heavy atom. The number of aliphatic hydroxyl groups excluding tert-OH is 1. The number of ether oxygens (including phenoxy) is 1. The van der Waals surface area contributed by atoms with Gasteiger partial charge in [0, 0.05) is 36.5 Å². The molecule has 2 aromatic carbocycles. The summed E-state index contributed by atoms with van der Waals surface area (Å²) in [6.45, 7) is 3.76. The zero-order valence-corrected chi connectivity index (χ0v) is 24.0. The van der Waals surface area contributed by atoms with Crippen molar-refractivity contribution >= 4 is 45.0 Å². The first-order valence-corrected chi connectivity index (χ1v) is 13.8. The van der Waals surface area contributed by atoms with Gasteiger partial charge in [0.15, 0.2) is 5.65 Å². The van der Waals surface area contributed by atoms with Crippen molar-refractivity contribution in [2.24, 2.45) is 0 Å². The second-order valence-corrected chi connectivity index (χ2v) is 10.6. The molecular formula is C29H30BrClN4O4. The van der Waals surface area contributed by atoms with Crippen LogP contribution in [0.3, 0.4) is 0 Å². The zero-order chi connectivity index (χ0) is 27.9. The first-order valence-electron chi connectivity index (χ1n) is 12.6. The van der Waals surface area contributed by atoms with Crippen molar-refractivity contribution in [1.82, 2.24) is 20.0 Å². The molecule has 2 aromatic heterocycles. The number of aliphatic hydroxyl groups is 1. The SMILES string of the molecule is CC(C)Oc1ccc(C(=O)N[C@H](CNC(=O)CCO)Cc2ccc(-c3cn4cccc(Br)c4n3)cc2)cc1Cl. The number of hydrogen-bond acceptors (Lipinski definition) is 5. The van der Waals surface area contributed by atoms with Gasteiger partial charge in [0.2, 0.25) is 5.91 Å². The summed E-state index contributed by atoms with van der Waals surface area (Å²) >= 11 is 9.86. The Kier molecular flexibility index (Phi) is 9.61. The maximum Gasteiger partial charge on any atom is 0.251 e. The number of rotatable bonds is 11. The summed E-state index contributed by atoms with van der Waals surface area (Å²) < 4.78 is 8.53. The standard InChI is InChI=1S/C29H30BrClN4O4/c1-18(2)39-26-10-9-21(15-24(26)31)29(38)33-22(16-32-27(37)11-13-36)14-19-5-7-20(8-6-19)25-17-35-12-3-4-23(30)28(35)34-25/h3-10,12,15,17-18,22,36H,11,13-14,16H2,1-2H3,(H,32,37)(H,33,38)/t22-/m0/s1. The largest absolute Gasteiger partial charge is 0.489 e. The Hall–Kier alpha value is -3.40. The van der Waals surface area contributed by atoms with Crippen LogP contribution in [0, 0.1) is 0 Å². The van der Waals surface area contributed by atoms with Crippen LogP contribution in [-0.2, 0) is 11.2 Å². The van der Waals surface area contributed by atoms with Gasteiger partial charge in [-0.15, -0.1) is 0 Å². The zero-order valence-electron chi connectivity index (χ0n) is 21.7. The van der Waals surface area contributed by atoms with Gasteiger partial charge in [0.1, 0.15) is 5.75 Å². The molecule has 2 amide bonds. The summed E-state index contributed by atoms with van der Waals surface area (Å²) in [5, 5.41) is 15.2. The predicted molar refractivity (Wildman–Crippen MR) is 155 cm³/mol. The van der Waals surface area contributed by atoms with Crippen LogP contribution in [0.5, 0.6) is 5.75 Å². The average Bonchev–Trinajstić information content (AvgIpc) is 3.34. The van der Waals surface area contributed by atoms with Gasteiger partial charge in [0.05, 0.1) is 33.9 Å². The number of pyridine rings is 1. The minimum Gasteiger partial charge on any atom is -0.489 e. The minimum absolute atomic E-state index is 0.00257. The van der Waals surface area contributed by atoms with Crippen LogP contribution >= 0.6 is 27.5 Å². The van der Waals surface area contributed by atoms with Gasteiger partial charge in [-0.2, -0.15) is 0 Å². The molecule has 0 unspecified atom stereocenters. The highest BCUT2D eigenvalue weighted by Gasteiger charge is 2.18. The van der Waals surface area contributed by atoms with Gasteiger partial charge in [-0.25, -0.2) is 4.98 Å². The van der Waals surface area contributed by atoms with Crippen LogP contribution in [-0.4, -0.2) is 51.6 Å². The Morgan fingerprint density at radius 1 is 1.15 bits per heavy atom. The minimum atomic E-state index is -0.400. The molecular weight excluding hydrogens is 584 g/mol. The molecule has 0 aliphatic rings. The van der Waals surface area contributed by atoms with Crippen LogP contribution < -0.4 is 15.4 Å². The Balaban J connectivity index is 1.48. The molecule has 4 aromatic rings. The monoisotopic (exact) mass is 612 g/mol. The maximum atomic E-state index is 13.1. The van der Waals surface area contributed by atoms with Gasteiger partial charge < -0.3 is 24.9 Å². The van der Waals surface area contributed by atoms with Gasteiger partial charge in [-0.05, 0) is 72.1 Å². The summed E-state index contributed by atoms with van der Waals surface area (Å²) in [5.74, 6) is -0.0984. The second-order valence-electron chi connectivity index (χ2n) is 9.37. The molecule has 8 nitrogen and oxygen atoms in total. The van der Waals surface area contributed by atoms with E-state index in [2.05, 4.69) is 26.6 Å². The molecule has 0 radical (unpaired) electrons. The number of carbonyl (C=O) groups is 2. The van der Waals surface area contributed by atoms with Crippen LogP contribution in [0.4, 0.5) is 0 Å².